The van der Waals surface area contributed by atoms with Crippen molar-refractivity contribution in [1.82, 2.24) is 0 Å². The lowest BCUT2D eigenvalue weighted by atomic mass is 9.72. The molecule has 0 amide bonds. The van der Waals surface area contributed by atoms with Crippen LogP contribution in [0.25, 0.3) is 0 Å². The van der Waals surface area contributed by atoms with Crippen molar-refractivity contribution in [2.24, 2.45) is 5.41 Å². The van der Waals surface area contributed by atoms with E-state index in [0.29, 0.717) is 5.69 Å². The predicted octanol–water partition coefficient (Wildman–Crippen LogP) is 3.69. The summed E-state index contributed by atoms with van der Waals surface area (Å²) in [5.41, 5.74) is 7.49. The third-order valence-electron chi connectivity index (χ3n) is 2.78. The molecule has 1 aromatic rings. The zero-order valence-corrected chi connectivity index (χ0v) is 11.0. The summed E-state index contributed by atoms with van der Waals surface area (Å²) in [4.78, 5) is 0. The van der Waals surface area contributed by atoms with Crippen molar-refractivity contribution in [1.29, 1.82) is 0 Å². The highest BCUT2D eigenvalue weighted by atomic mass is 16.3. The number of nitrogens with two attached hydrogens (primary N) is 1. The number of phenols is 1. The molecule has 1 aromatic carbocycles. The van der Waals surface area contributed by atoms with Crippen LogP contribution >= 0.6 is 0 Å². The first kappa shape index (κ1) is 12.9. The molecule has 0 radical (unpaired) electrons. The largest absolute Gasteiger partial charge is 0.506 e. The molecule has 0 aliphatic heterocycles. The van der Waals surface area contributed by atoms with Crippen molar-refractivity contribution < 1.29 is 5.11 Å². The van der Waals surface area contributed by atoms with E-state index in [4.69, 9.17) is 5.73 Å². The van der Waals surface area contributed by atoms with Crippen molar-refractivity contribution >= 4 is 5.69 Å². The SMILES string of the molecule is CC(C)(C)CC(C)(C)c1ccc(N)c(O)c1. The quantitative estimate of drug-likeness (QED) is 0.591. The minimum Gasteiger partial charge on any atom is -0.506 e. The average Bonchev–Trinajstić information content (AvgIpc) is 2.05. The maximum atomic E-state index is 9.64. The number of benzene rings is 1. The minimum absolute atomic E-state index is 0.0451. The summed E-state index contributed by atoms with van der Waals surface area (Å²) in [5, 5.41) is 9.64. The molecule has 0 saturated carbocycles. The molecule has 0 aliphatic rings. The summed E-state index contributed by atoms with van der Waals surface area (Å²) in [6.45, 7) is 11.1. The summed E-state index contributed by atoms with van der Waals surface area (Å²) >= 11 is 0. The van der Waals surface area contributed by atoms with Crippen molar-refractivity contribution in [2.75, 3.05) is 5.73 Å². The van der Waals surface area contributed by atoms with E-state index in [-0.39, 0.29) is 16.6 Å². The van der Waals surface area contributed by atoms with E-state index >= 15 is 0 Å². The van der Waals surface area contributed by atoms with Gasteiger partial charge in [0.1, 0.15) is 5.75 Å². The van der Waals surface area contributed by atoms with Gasteiger partial charge in [-0.2, -0.15) is 0 Å². The second-order valence-electron chi connectivity index (χ2n) is 6.39. The van der Waals surface area contributed by atoms with Crippen molar-refractivity contribution in [2.45, 2.75) is 46.5 Å². The first-order chi connectivity index (χ1) is 7.12. The third-order valence-corrected chi connectivity index (χ3v) is 2.78. The Morgan fingerprint density at radius 2 is 1.69 bits per heavy atom. The van der Waals surface area contributed by atoms with Gasteiger partial charge in [0, 0.05) is 0 Å². The first-order valence-electron chi connectivity index (χ1n) is 5.71. The van der Waals surface area contributed by atoms with Gasteiger partial charge >= 0.3 is 0 Å². The van der Waals surface area contributed by atoms with Crippen molar-refractivity contribution in [3.8, 4) is 5.75 Å². The number of anilines is 1. The van der Waals surface area contributed by atoms with Gasteiger partial charge in [-0.15, -0.1) is 0 Å². The first-order valence-corrected chi connectivity index (χ1v) is 5.71. The molecule has 0 fully saturated rings. The highest BCUT2D eigenvalue weighted by Crippen LogP contribution is 2.38. The molecule has 1 rings (SSSR count). The molecule has 0 unspecified atom stereocenters. The Kier molecular flexibility index (Phi) is 3.22. The predicted molar refractivity (Wildman–Crippen MR) is 69.6 cm³/mol. The van der Waals surface area contributed by atoms with Crippen LogP contribution in [0.3, 0.4) is 0 Å². The van der Waals surface area contributed by atoms with E-state index in [1.165, 1.54) is 0 Å². The summed E-state index contributed by atoms with van der Waals surface area (Å²) in [6, 6.07) is 5.55. The third kappa shape index (κ3) is 3.16. The number of hydrogen-bond donors (Lipinski definition) is 2. The minimum atomic E-state index is 0.0451. The van der Waals surface area contributed by atoms with E-state index in [2.05, 4.69) is 34.6 Å². The number of rotatable bonds is 2. The lowest BCUT2D eigenvalue weighted by Gasteiger charge is -2.33. The number of aromatic hydroxyl groups is 1. The van der Waals surface area contributed by atoms with Crippen LogP contribution in [0.5, 0.6) is 5.75 Å². The van der Waals surface area contributed by atoms with Crippen molar-refractivity contribution in [3.63, 3.8) is 0 Å². The van der Waals surface area contributed by atoms with Crippen molar-refractivity contribution in [3.05, 3.63) is 23.8 Å². The fraction of sp³-hybridized carbons (Fsp3) is 0.571. The lowest BCUT2D eigenvalue weighted by Crippen LogP contribution is -2.24. The molecule has 0 spiro atoms. The van der Waals surface area contributed by atoms with E-state index in [0.717, 1.165) is 12.0 Å². The molecule has 2 heteroatoms. The van der Waals surface area contributed by atoms with Crippen LogP contribution in [0.2, 0.25) is 0 Å². The molecule has 0 heterocycles. The molecule has 0 saturated heterocycles. The average molecular weight is 221 g/mol. The second-order valence-corrected chi connectivity index (χ2v) is 6.39. The van der Waals surface area contributed by atoms with Crippen LogP contribution in [0.4, 0.5) is 5.69 Å². The van der Waals surface area contributed by atoms with Crippen LogP contribution in [0.1, 0.15) is 46.6 Å². The molecule has 0 aliphatic carbocycles. The topological polar surface area (TPSA) is 46.2 Å². The van der Waals surface area contributed by atoms with E-state index in [1.807, 2.05) is 6.07 Å². The molecule has 3 N–H and O–H groups in total. The van der Waals surface area contributed by atoms with Crippen LogP contribution in [-0.2, 0) is 5.41 Å². The summed E-state index contributed by atoms with van der Waals surface area (Å²) < 4.78 is 0. The van der Waals surface area contributed by atoms with E-state index < -0.39 is 0 Å². The Morgan fingerprint density at radius 3 is 2.12 bits per heavy atom. The number of hydrogen-bond acceptors (Lipinski definition) is 2. The van der Waals surface area contributed by atoms with Crippen LogP contribution < -0.4 is 5.73 Å². The fourth-order valence-corrected chi connectivity index (χ4v) is 2.39. The summed E-state index contributed by atoms with van der Waals surface area (Å²) in [6.07, 6.45) is 1.06. The molecule has 0 bridgehead atoms. The van der Waals surface area contributed by atoms with Gasteiger partial charge in [0.15, 0.2) is 0 Å². The molecular weight excluding hydrogens is 198 g/mol. The molecule has 0 atom stereocenters. The van der Waals surface area contributed by atoms with Crippen LogP contribution in [0.15, 0.2) is 18.2 Å². The highest BCUT2D eigenvalue weighted by Gasteiger charge is 2.27. The Hall–Kier alpha value is -1.18. The Morgan fingerprint density at radius 1 is 1.12 bits per heavy atom. The van der Waals surface area contributed by atoms with Gasteiger partial charge in [-0.1, -0.05) is 40.7 Å². The van der Waals surface area contributed by atoms with Gasteiger partial charge in [-0.25, -0.2) is 0 Å². The molecule has 2 nitrogen and oxygen atoms in total. The summed E-state index contributed by atoms with van der Waals surface area (Å²) in [7, 11) is 0. The zero-order chi connectivity index (χ0) is 12.6. The summed E-state index contributed by atoms with van der Waals surface area (Å²) in [5.74, 6) is 0.180. The molecule has 16 heavy (non-hydrogen) atoms. The van der Waals surface area contributed by atoms with Gasteiger partial charge in [0.05, 0.1) is 5.69 Å². The Bertz CT molecular complexity index is 375. The normalized spacial score (nSPS) is 12.8. The maximum Gasteiger partial charge on any atom is 0.138 e. The van der Waals surface area contributed by atoms with E-state index in [9.17, 15) is 5.11 Å². The van der Waals surface area contributed by atoms with Gasteiger partial charge < -0.3 is 10.8 Å². The van der Waals surface area contributed by atoms with Crippen LogP contribution in [0, 0.1) is 5.41 Å². The monoisotopic (exact) mass is 221 g/mol. The zero-order valence-electron chi connectivity index (χ0n) is 11.0. The fourth-order valence-electron chi connectivity index (χ4n) is 2.39. The van der Waals surface area contributed by atoms with Gasteiger partial charge in [0.2, 0.25) is 0 Å². The van der Waals surface area contributed by atoms with E-state index in [1.54, 1.807) is 12.1 Å². The van der Waals surface area contributed by atoms with Gasteiger partial charge in [-0.3, -0.25) is 0 Å². The Labute approximate surface area is 98.5 Å². The van der Waals surface area contributed by atoms with Crippen LogP contribution in [-0.4, -0.2) is 5.11 Å². The molecule has 90 valence electrons. The molecule has 0 aromatic heterocycles. The lowest BCUT2D eigenvalue weighted by molar-refractivity contribution is 0.283. The Balaban J connectivity index is 3.02. The maximum absolute atomic E-state index is 9.64. The standard InChI is InChI=1S/C14H23NO/c1-13(2,3)9-14(4,5)10-6-7-11(15)12(16)8-10/h6-8,16H,9,15H2,1-5H3. The number of phenolic OH excluding ortho intramolecular Hbond substituents is 1. The van der Waals surface area contributed by atoms with Gasteiger partial charge in [-0.05, 0) is 34.9 Å². The second kappa shape index (κ2) is 4.00. The highest BCUT2D eigenvalue weighted by molar-refractivity contribution is 5.53. The smallest absolute Gasteiger partial charge is 0.138 e. The number of nitrogen functional groups attached to an aromatic ring is 1. The molecular formula is C14H23NO. The van der Waals surface area contributed by atoms with Gasteiger partial charge in [0.25, 0.3) is 0 Å².